The molecule has 1 aliphatic rings. The van der Waals surface area contributed by atoms with Gasteiger partial charge in [0.05, 0.1) is 17.5 Å². The summed E-state index contributed by atoms with van der Waals surface area (Å²) in [6.45, 7) is 6.75. The minimum absolute atomic E-state index is 0.0404. The Labute approximate surface area is 208 Å². The van der Waals surface area contributed by atoms with Crippen molar-refractivity contribution < 1.29 is 18.0 Å². The molecule has 0 spiro atoms. The highest BCUT2D eigenvalue weighted by molar-refractivity contribution is 7.89. The van der Waals surface area contributed by atoms with E-state index in [1.54, 1.807) is 41.3 Å². The van der Waals surface area contributed by atoms with Gasteiger partial charge < -0.3 is 16.0 Å². The van der Waals surface area contributed by atoms with Crippen molar-refractivity contribution in [3.63, 3.8) is 0 Å². The normalized spacial score (nSPS) is 14.5. The van der Waals surface area contributed by atoms with Crippen LogP contribution in [0.1, 0.15) is 62.4 Å². The fourth-order valence-corrected chi connectivity index (χ4v) is 5.10. The summed E-state index contributed by atoms with van der Waals surface area (Å²) >= 11 is 0. The maximum absolute atomic E-state index is 13.0. The maximum Gasteiger partial charge on any atom is 0.255 e. The minimum atomic E-state index is -3.51. The molecule has 4 N–H and O–H groups in total. The zero-order valence-electron chi connectivity index (χ0n) is 20.7. The van der Waals surface area contributed by atoms with Crippen molar-refractivity contribution in [1.29, 1.82) is 0 Å². The molecule has 1 atom stereocenters. The lowest BCUT2D eigenvalue weighted by atomic mass is 10.1. The number of rotatable bonds is 12. The molecule has 0 saturated heterocycles. The molecule has 3 rings (SSSR count). The number of nitrogens with two attached hydrogens (primary N) is 1. The van der Waals surface area contributed by atoms with Crippen LogP contribution in [-0.2, 0) is 21.2 Å². The van der Waals surface area contributed by atoms with E-state index in [0.29, 0.717) is 29.3 Å². The lowest BCUT2D eigenvalue weighted by Crippen LogP contribution is -2.47. The van der Waals surface area contributed by atoms with Crippen LogP contribution in [-0.4, -0.2) is 43.9 Å². The van der Waals surface area contributed by atoms with Crippen LogP contribution in [0.15, 0.2) is 53.4 Å². The third kappa shape index (κ3) is 7.88. The highest BCUT2D eigenvalue weighted by Gasteiger charge is 2.28. The van der Waals surface area contributed by atoms with Crippen LogP contribution in [0.4, 0.5) is 5.69 Å². The standard InChI is InChI=1S/C26H36N4O4S/c1-4-15-30(24(27)16-18(2)3)26(32)20-7-9-21(10-8-20)28-25(31)17-19-5-13-23(14-6-19)35(33,34)29-22-11-12-22/h5-10,13-14,18,22,24,29H,4,11-12,15-17,27H2,1-3H3,(H,28,31). The number of amides is 2. The fourth-order valence-electron chi connectivity index (χ4n) is 3.80. The summed E-state index contributed by atoms with van der Waals surface area (Å²) in [6.07, 6.45) is 3.04. The van der Waals surface area contributed by atoms with Crippen LogP contribution in [0.3, 0.4) is 0 Å². The Morgan fingerprint density at radius 1 is 1.06 bits per heavy atom. The molecule has 0 aromatic heterocycles. The van der Waals surface area contributed by atoms with E-state index in [1.165, 1.54) is 12.1 Å². The number of nitrogens with zero attached hydrogens (tertiary/aromatic N) is 1. The average molecular weight is 501 g/mol. The van der Waals surface area contributed by atoms with Crippen molar-refractivity contribution in [1.82, 2.24) is 9.62 Å². The topological polar surface area (TPSA) is 122 Å². The Bertz CT molecular complexity index is 1110. The van der Waals surface area contributed by atoms with Crippen molar-refractivity contribution in [2.45, 2.75) is 70.0 Å². The highest BCUT2D eigenvalue weighted by atomic mass is 32.2. The average Bonchev–Trinajstić information content (AvgIpc) is 3.60. The van der Waals surface area contributed by atoms with Crippen LogP contribution in [0.2, 0.25) is 0 Å². The van der Waals surface area contributed by atoms with E-state index in [9.17, 15) is 18.0 Å². The molecule has 9 heteroatoms. The smallest absolute Gasteiger partial charge is 0.255 e. The molecule has 2 aromatic carbocycles. The van der Waals surface area contributed by atoms with Crippen LogP contribution < -0.4 is 15.8 Å². The van der Waals surface area contributed by atoms with E-state index >= 15 is 0 Å². The summed E-state index contributed by atoms with van der Waals surface area (Å²) in [7, 11) is -3.51. The summed E-state index contributed by atoms with van der Waals surface area (Å²) in [5.74, 6) is 0.0289. The Morgan fingerprint density at radius 2 is 1.69 bits per heavy atom. The maximum atomic E-state index is 13.0. The Kier molecular flexibility index (Phi) is 9.04. The SMILES string of the molecule is CCCN(C(=O)c1ccc(NC(=O)Cc2ccc(S(=O)(=O)NC3CC3)cc2)cc1)C(N)CC(C)C. The van der Waals surface area contributed by atoms with Gasteiger partial charge in [-0.2, -0.15) is 0 Å². The summed E-state index contributed by atoms with van der Waals surface area (Å²) < 4.78 is 27.2. The summed E-state index contributed by atoms with van der Waals surface area (Å²) in [5.41, 5.74) is 8.08. The molecule has 35 heavy (non-hydrogen) atoms. The van der Waals surface area contributed by atoms with Crippen molar-refractivity contribution in [3.8, 4) is 0 Å². The zero-order valence-corrected chi connectivity index (χ0v) is 21.5. The van der Waals surface area contributed by atoms with Gasteiger partial charge in [0.2, 0.25) is 15.9 Å². The van der Waals surface area contributed by atoms with Crippen molar-refractivity contribution in [3.05, 3.63) is 59.7 Å². The van der Waals surface area contributed by atoms with Crippen molar-refractivity contribution in [2.24, 2.45) is 11.7 Å². The lowest BCUT2D eigenvalue weighted by molar-refractivity contribution is -0.115. The third-order valence-corrected chi connectivity index (χ3v) is 7.29. The number of benzene rings is 2. The first kappa shape index (κ1) is 26.8. The number of hydrogen-bond acceptors (Lipinski definition) is 5. The quantitative estimate of drug-likeness (QED) is 0.385. The summed E-state index contributed by atoms with van der Waals surface area (Å²) in [5, 5.41) is 2.82. The zero-order chi connectivity index (χ0) is 25.6. The molecular weight excluding hydrogens is 464 g/mol. The third-order valence-electron chi connectivity index (χ3n) is 5.75. The molecule has 1 unspecified atom stereocenters. The summed E-state index contributed by atoms with van der Waals surface area (Å²) in [4.78, 5) is 27.4. The fraction of sp³-hybridized carbons (Fsp3) is 0.462. The van der Waals surface area contributed by atoms with E-state index in [1.807, 2.05) is 6.92 Å². The van der Waals surface area contributed by atoms with E-state index < -0.39 is 10.0 Å². The number of nitrogens with one attached hydrogen (secondary N) is 2. The van der Waals surface area contributed by atoms with Crippen molar-refractivity contribution in [2.75, 3.05) is 11.9 Å². The molecule has 1 aliphatic carbocycles. The largest absolute Gasteiger partial charge is 0.326 e. The predicted molar refractivity (Wildman–Crippen MR) is 137 cm³/mol. The van der Waals surface area contributed by atoms with Gasteiger partial charge >= 0.3 is 0 Å². The van der Waals surface area contributed by atoms with Crippen LogP contribution in [0.5, 0.6) is 0 Å². The van der Waals surface area contributed by atoms with Gasteiger partial charge in [-0.05, 0) is 73.6 Å². The van der Waals surface area contributed by atoms with Crippen molar-refractivity contribution >= 4 is 27.5 Å². The number of carbonyl (C=O) groups is 2. The molecule has 0 heterocycles. The highest BCUT2D eigenvalue weighted by Crippen LogP contribution is 2.22. The summed E-state index contributed by atoms with van der Waals surface area (Å²) in [6, 6.07) is 13.1. The van der Waals surface area contributed by atoms with E-state index in [4.69, 9.17) is 5.73 Å². The molecule has 2 amide bonds. The molecular formula is C26H36N4O4S. The van der Waals surface area contributed by atoms with Crippen LogP contribution in [0.25, 0.3) is 0 Å². The van der Waals surface area contributed by atoms with Gasteiger partial charge in [0.15, 0.2) is 0 Å². The Hall–Kier alpha value is -2.75. The first-order chi connectivity index (χ1) is 16.6. The molecule has 8 nitrogen and oxygen atoms in total. The Balaban J connectivity index is 1.57. The van der Waals surface area contributed by atoms with E-state index in [0.717, 1.165) is 25.7 Å². The monoisotopic (exact) mass is 500 g/mol. The van der Waals surface area contributed by atoms with Gasteiger partial charge in [-0.25, -0.2) is 13.1 Å². The molecule has 2 aromatic rings. The Morgan fingerprint density at radius 3 is 2.23 bits per heavy atom. The molecule has 1 saturated carbocycles. The second kappa shape index (κ2) is 11.8. The van der Waals surface area contributed by atoms with Gasteiger partial charge in [-0.1, -0.05) is 32.9 Å². The van der Waals surface area contributed by atoms with E-state index in [-0.39, 0.29) is 35.3 Å². The predicted octanol–water partition coefficient (Wildman–Crippen LogP) is 3.49. The second-order valence-electron chi connectivity index (χ2n) is 9.54. The number of carbonyl (C=O) groups excluding carboxylic acids is 2. The molecule has 0 aliphatic heterocycles. The molecule has 0 radical (unpaired) electrons. The van der Waals surface area contributed by atoms with Gasteiger partial charge in [-0.15, -0.1) is 0 Å². The minimum Gasteiger partial charge on any atom is -0.326 e. The van der Waals surface area contributed by atoms with Gasteiger partial charge in [0.1, 0.15) is 0 Å². The molecule has 0 bridgehead atoms. The lowest BCUT2D eigenvalue weighted by Gasteiger charge is -2.30. The number of anilines is 1. The van der Waals surface area contributed by atoms with Gasteiger partial charge in [0, 0.05) is 23.8 Å². The molecule has 1 fully saturated rings. The number of sulfonamides is 1. The number of hydrogen-bond donors (Lipinski definition) is 3. The first-order valence-electron chi connectivity index (χ1n) is 12.2. The molecule has 190 valence electrons. The first-order valence-corrected chi connectivity index (χ1v) is 13.6. The van der Waals surface area contributed by atoms with E-state index in [2.05, 4.69) is 23.9 Å². The van der Waals surface area contributed by atoms with Crippen LogP contribution in [0, 0.1) is 5.92 Å². The van der Waals surface area contributed by atoms with Crippen LogP contribution >= 0.6 is 0 Å². The second-order valence-corrected chi connectivity index (χ2v) is 11.3. The van der Waals surface area contributed by atoms with Gasteiger partial charge in [-0.3, -0.25) is 9.59 Å². The van der Waals surface area contributed by atoms with Gasteiger partial charge in [0.25, 0.3) is 5.91 Å².